The van der Waals surface area contributed by atoms with Crippen molar-refractivity contribution >= 4 is 77.7 Å². The lowest BCUT2D eigenvalue weighted by Crippen LogP contribution is -2.09. The van der Waals surface area contributed by atoms with E-state index in [2.05, 4.69) is 262 Å². The highest BCUT2D eigenvalue weighted by molar-refractivity contribution is 6.12. The monoisotopic (exact) mass is 988 g/mol. The zero-order valence-electron chi connectivity index (χ0n) is 42.1. The molecule has 0 bridgehead atoms. The molecule has 10 aromatic carbocycles. The first-order chi connectivity index (χ1) is 38.1. The average molecular weight is 989 g/mol. The quantitative estimate of drug-likeness (QED) is 0.129. The molecule has 0 amide bonds. The third-order valence-electron chi connectivity index (χ3n) is 14.7. The van der Waals surface area contributed by atoms with E-state index in [4.69, 9.17) is 19.9 Å². The Morgan fingerprint density at radius 3 is 1.01 bits per heavy atom. The van der Waals surface area contributed by atoms with Gasteiger partial charge in [0.25, 0.3) is 0 Å². The molecule has 77 heavy (non-hydrogen) atoms. The van der Waals surface area contributed by atoms with Crippen LogP contribution in [0.1, 0.15) is 5.56 Å². The van der Waals surface area contributed by atoms with Crippen LogP contribution in [-0.2, 0) is 0 Å². The minimum Gasteiger partial charge on any atom is -0.310 e. The van der Waals surface area contributed by atoms with Gasteiger partial charge in [-0.2, -0.15) is 0 Å². The highest BCUT2D eigenvalue weighted by atomic mass is 15.1. The molecule has 8 heteroatoms. The van der Waals surface area contributed by atoms with E-state index in [-0.39, 0.29) is 0 Å². The maximum Gasteiger partial charge on any atom is 0.159 e. The summed E-state index contributed by atoms with van der Waals surface area (Å²) >= 11 is 0. The minimum atomic E-state index is 0.636. The van der Waals surface area contributed by atoms with Crippen molar-refractivity contribution < 1.29 is 0 Å². The van der Waals surface area contributed by atoms with Gasteiger partial charge in [-0.1, -0.05) is 109 Å². The summed E-state index contributed by atoms with van der Waals surface area (Å²) in [6.07, 6.45) is 7.19. The Morgan fingerprint density at radius 2 is 0.623 bits per heavy atom. The molecule has 0 spiro atoms. The van der Waals surface area contributed by atoms with Crippen molar-refractivity contribution in [2.24, 2.45) is 0 Å². The summed E-state index contributed by atoms with van der Waals surface area (Å²) < 4.78 is 4.86. The van der Waals surface area contributed by atoms with Crippen LogP contribution in [0.3, 0.4) is 0 Å². The van der Waals surface area contributed by atoms with Crippen LogP contribution in [0.4, 0.5) is 34.1 Å². The number of nitrogens with zero attached hydrogens (tertiary/aromatic N) is 8. The van der Waals surface area contributed by atoms with Crippen molar-refractivity contribution in [2.75, 3.05) is 9.80 Å². The Bertz CT molecular complexity index is 4090. The SMILES string of the molecule is Cc1c(-c2ncccn2)cc(-c2cc(-n3c4ccccc4c4cc(N(c5ccccc5)c5ccccc5)ccc43)cc(-n3c4ccccc4c4cc(N(c5ccccc5)c5ccccc5)ccc43)c2)cc1-c1ncccn1. The number of benzene rings is 10. The molecule has 14 aromatic rings. The minimum absolute atomic E-state index is 0.636. The summed E-state index contributed by atoms with van der Waals surface area (Å²) in [6, 6.07) is 88.8. The zero-order chi connectivity index (χ0) is 51.2. The molecule has 4 aromatic heterocycles. The first-order valence-corrected chi connectivity index (χ1v) is 25.9. The van der Waals surface area contributed by atoms with E-state index in [0.717, 1.165) is 117 Å². The molecule has 0 saturated carbocycles. The molecule has 4 heterocycles. The summed E-state index contributed by atoms with van der Waals surface area (Å²) in [4.78, 5) is 23.8. The van der Waals surface area contributed by atoms with Gasteiger partial charge in [0, 0.05) is 103 Å². The summed E-state index contributed by atoms with van der Waals surface area (Å²) in [5.74, 6) is 1.27. The first kappa shape index (κ1) is 45.2. The summed E-state index contributed by atoms with van der Waals surface area (Å²) in [7, 11) is 0. The fourth-order valence-electron chi connectivity index (χ4n) is 11.2. The fourth-order valence-corrected chi connectivity index (χ4v) is 11.2. The van der Waals surface area contributed by atoms with Crippen molar-refractivity contribution in [1.82, 2.24) is 29.1 Å². The van der Waals surface area contributed by atoms with Gasteiger partial charge in [0.2, 0.25) is 0 Å². The lowest BCUT2D eigenvalue weighted by Gasteiger charge is -2.25. The lowest BCUT2D eigenvalue weighted by molar-refractivity contribution is 1.13. The van der Waals surface area contributed by atoms with Gasteiger partial charge in [-0.25, -0.2) is 19.9 Å². The molecule has 0 atom stereocenters. The highest BCUT2D eigenvalue weighted by Crippen LogP contribution is 2.44. The first-order valence-electron chi connectivity index (χ1n) is 25.9. The van der Waals surface area contributed by atoms with Crippen molar-refractivity contribution in [3.63, 3.8) is 0 Å². The van der Waals surface area contributed by atoms with Crippen LogP contribution in [0.2, 0.25) is 0 Å². The van der Waals surface area contributed by atoms with Crippen LogP contribution in [0, 0.1) is 6.92 Å². The molecule has 0 aliphatic heterocycles. The largest absolute Gasteiger partial charge is 0.310 e. The van der Waals surface area contributed by atoms with Gasteiger partial charge in [0.1, 0.15) is 0 Å². The Hall–Kier alpha value is -10.4. The molecule has 0 unspecified atom stereocenters. The Labute approximate surface area is 445 Å². The van der Waals surface area contributed by atoms with E-state index in [1.165, 1.54) is 0 Å². The standard InChI is InChI=1S/C69H48N8/c1-47-60(68-70-36-18-37-71-68)42-49(43-61(47)69-72-38-19-39-73-69)48-40-56(76-64-30-16-14-28-58(64)62-45-54(32-34-66(62)76)74(50-20-6-2-7-21-50)51-22-8-3-9-23-51)44-57(41-48)77-65-31-17-15-29-59(65)63-46-55(33-35-67(63)77)75(52-24-10-4-11-25-52)53-26-12-5-13-27-53/h2-46H,1H3. The van der Waals surface area contributed by atoms with Crippen molar-refractivity contribution in [2.45, 2.75) is 6.92 Å². The van der Waals surface area contributed by atoms with Gasteiger partial charge in [0.15, 0.2) is 11.6 Å². The topological polar surface area (TPSA) is 67.9 Å². The molecule has 14 rings (SSSR count). The number of anilines is 6. The van der Waals surface area contributed by atoms with Crippen LogP contribution < -0.4 is 9.80 Å². The second-order valence-corrected chi connectivity index (χ2v) is 19.2. The Balaban J connectivity index is 1.03. The van der Waals surface area contributed by atoms with Crippen LogP contribution in [-0.4, -0.2) is 29.1 Å². The Morgan fingerprint density at radius 1 is 0.286 bits per heavy atom. The average Bonchev–Trinajstić information content (AvgIpc) is 4.02. The molecule has 0 aliphatic rings. The van der Waals surface area contributed by atoms with Crippen LogP contribution in [0.15, 0.2) is 274 Å². The van der Waals surface area contributed by atoms with Crippen LogP contribution in [0.25, 0.3) is 88.9 Å². The summed E-state index contributed by atoms with van der Waals surface area (Å²) in [5, 5.41) is 4.61. The molecular weight excluding hydrogens is 941 g/mol. The zero-order valence-corrected chi connectivity index (χ0v) is 42.1. The molecule has 0 radical (unpaired) electrons. The molecule has 0 aliphatic carbocycles. The van der Waals surface area contributed by atoms with Crippen LogP contribution in [0.5, 0.6) is 0 Å². The lowest BCUT2D eigenvalue weighted by atomic mass is 9.93. The molecule has 0 N–H and O–H groups in total. The van der Waals surface area contributed by atoms with Crippen molar-refractivity contribution in [3.05, 3.63) is 279 Å². The predicted molar refractivity (Wildman–Crippen MR) is 317 cm³/mol. The van der Waals surface area contributed by atoms with Crippen molar-refractivity contribution in [3.8, 4) is 45.3 Å². The smallest absolute Gasteiger partial charge is 0.159 e. The van der Waals surface area contributed by atoms with Crippen LogP contribution >= 0.6 is 0 Å². The van der Waals surface area contributed by atoms with E-state index in [0.29, 0.717) is 11.6 Å². The number of rotatable bonds is 11. The van der Waals surface area contributed by atoms with E-state index in [9.17, 15) is 0 Å². The second-order valence-electron chi connectivity index (χ2n) is 19.2. The normalized spacial score (nSPS) is 11.4. The Kier molecular flexibility index (Phi) is 11.2. The second kappa shape index (κ2) is 19.1. The number of hydrogen-bond donors (Lipinski definition) is 0. The summed E-state index contributed by atoms with van der Waals surface area (Å²) in [6.45, 7) is 2.11. The van der Waals surface area contributed by atoms with Gasteiger partial charge in [-0.15, -0.1) is 0 Å². The highest BCUT2D eigenvalue weighted by Gasteiger charge is 2.23. The van der Waals surface area contributed by atoms with E-state index >= 15 is 0 Å². The maximum atomic E-state index is 4.78. The van der Waals surface area contributed by atoms with Gasteiger partial charge in [-0.3, -0.25) is 0 Å². The molecule has 8 nitrogen and oxygen atoms in total. The molecule has 0 fully saturated rings. The maximum absolute atomic E-state index is 4.78. The molecule has 0 saturated heterocycles. The third kappa shape index (κ3) is 8.03. The molecular formula is C69H48N8. The number of hydrogen-bond acceptors (Lipinski definition) is 6. The van der Waals surface area contributed by atoms with Gasteiger partial charge in [0.05, 0.1) is 22.1 Å². The number of fused-ring (bicyclic) bond motifs is 6. The number of para-hydroxylation sites is 6. The third-order valence-corrected chi connectivity index (χ3v) is 14.7. The van der Waals surface area contributed by atoms with E-state index in [1.807, 2.05) is 12.1 Å². The van der Waals surface area contributed by atoms with Crippen molar-refractivity contribution in [1.29, 1.82) is 0 Å². The fraction of sp³-hybridized carbons (Fsp3) is 0.0145. The summed E-state index contributed by atoms with van der Waals surface area (Å²) in [5.41, 5.74) is 17.7. The van der Waals surface area contributed by atoms with Gasteiger partial charge in [-0.05, 0) is 163 Å². The predicted octanol–water partition coefficient (Wildman–Crippen LogP) is 17.7. The molecule has 364 valence electrons. The van der Waals surface area contributed by atoms with E-state index < -0.39 is 0 Å². The number of aromatic nitrogens is 6. The van der Waals surface area contributed by atoms with E-state index in [1.54, 1.807) is 24.8 Å². The van der Waals surface area contributed by atoms with Gasteiger partial charge < -0.3 is 18.9 Å². The van der Waals surface area contributed by atoms with Gasteiger partial charge >= 0.3 is 0 Å².